The van der Waals surface area contributed by atoms with Gasteiger partial charge in [-0.2, -0.15) is 0 Å². The second-order valence-electron chi connectivity index (χ2n) is 4.88. The lowest BCUT2D eigenvalue weighted by molar-refractivity contribution is 0.102. The standard InChI is InChI=1S/C16H15NO3/c1-10-14(3-2-4-15(10)18)17-16(19)11-5-6-12-8-20-9-13(12)7-11/h2-7,18H,8-9H2,1H3,(H,17,19). The normalized spacial score (nSPS) is 13.1. The van der Waals surface area contributed by atoms with Gasteiger partial charge in [0.05, 0.1) is 13.2 Å². The molecular formula is C16H15NO3. The third kappa shape index (κ3) is 2.26. The highest BCUT2D eigenvalue weighted by Crippen LogP contribution is 2.25. The van der Waals surface area contributed by atoms with Gasteiger partial charge in [-0.1, -0.05) is 12.1 Å². The molecule has 1 aliphatic rings. The molecule has 0 radical (unpaired) electrons. The van der Waals surface area contributed by atoms with Crippen molar-refractivity contribution < 1.29 is 14.6 Å². The number of carbonyl (C=O) groups is 1. The van der Waals surface area contributed by atoms with E-state index in [1.54, 1.807) is 31.2 Å². The number of fused-ring (bicyclic) bond motifs is 1. The molecule has 0 atom stereocenters. The number of nitrogens with one attached hydrogen (secondary N) is 1. The van der Waals surface area contributed by atoms with Crippen molar-refractivity contribution in [2.75, 3.05) is 5.32 Å². The highest BCUT2D eigenvalue weighted by Gasteiger charge is 2.15. The van der Waals surface area contributed by atoms with Gasteiger partial charge in [0, 0.05) is 16.8 Å². The SMILES string of the molecule is Cc1c(O)cccc1NC(=O)c1ccc2c(c1)COC2. The smallest absolute Gasteiger partial charge is 0.255 e. The third-order valence-electron chi connectivity index (χ3n) is 3.54. The number of anilines is 1. The van der Waals surface area contributed by atoms with Gasteiger partial charge in [-0.3, -0.25) is 4.79 Å². The molecule has 0 spiro atoms. The lowest BCUT2D eigenvalue weighted by atomic mass is 10.1. The minimum atomic E-state index is -0.187. The van der Waals surface area contributed by atoms with Crippen LogP contribution in [0.5, 0.6) is 5.75 Å². The number of aromatic hydroxyl groups is 1. The number of benzene rings is 2. The van der Waals surface area contributed by atoms with Crippen molar-refractivity contribution in [1.82, 2.24) is 0 Å². The molecule has 0 fully saturated rings. The fourth-order valence-corrected chi connectivity index (χ4v) is 2.27. The first-order valence-electron chi connectivity index (χ1n) is 6.44. The number of hydrogen-bond acceptors (Lipinski definition) is 3. The molecule has 4 nitrogen and oxygen atoms in total. The molecule has 1 amide bonds. The maximum Gasteiger partial charge on any atom is 0.255 e. The van der Waals surface area contributed by atoms with Crippen molar-refractivity contribution in [3.8, 4) is 5.75 Å². The second-order valence-corrected chi connectivity index (χ2v) is 4.88. The van der Waals surface area contributed by atoms with E-state index in [2.05, 4.69) is 5.32 Å². The topological polar surface area (TPSA) is 58.6 Å². The van der Waals surface area contributed by atoms with E-state index in [0.29, 0.717) is 30.0 Å². The molecule has 0 saturated carbocycles. The molecule has 20 heavy (non-hydrogen) atoms. The molecule has 1 heterocycles. The summed E-state index contributed by atoms with van der Waals surface area (Å²) in [5.74, 6) is -0.0152. The molecule has 2 aromatic carbocycles. The Labute approximate surface area is 117 Å². The zero-order chi connectivity index (χ0) is 14.1. The van der Waals surface area contributed by atoms with Crippen LogP contribution in [0.4, 0.5) is 5.69 Å². The van der Waals surface area contributed by atoms with E-state index in [0.717, 1.165) is 11.1 Å². The van der Waals surface area contributed by atoms with Gasteiger partial charge in [-0.25, -0.2) is 0 Å². The fourth-order valence-electron chi connectivity index (χ4n) is 2.27. The Morgan fingerprint density at radius 1 is 1.20 bits per heavy atom. The van der Waals surface area contributed by atoms with E-state index in [1.165, 1.54) is 0 Å². The monoisotopic (exact) mass is 269 g/mol. The van der Waals surface area contributed by atoms with E-state index in [9.17, 15) is 9.90 Å². The van der Waals surface area contributed by atoms with Gasteiger partial charge in [0.15, 0.2) is 0 Å². The van der Waals surface area contributed by atoms with Crippen molar-refractivity contribution >= 4 is 11.6 Å². The molecule has 0 bridgehead atoms. The average Bonchev–Trinajstić information content (AvgIpc) is 2.91. The van der Waals surface area contributed by atoms with E-state index in [-0.39, 0.29) is 11.7 Å². The maximum atomic E-state index is 12.2. The second kappa shape index (κ2) is 4.98. The number of carbonyl (C=O) groups excluding carboxylic acids is 1. The van der Waals surface area contributed by atoms with E-state index < -0.39 is 0 Å². The zero-order valence-corrected chi connectivity index (χ0v) is 11.1. The van der Waals surface area contributed by atoms with Crippen LogP contribution in [0, 0.1) is 6.92 Å². The van der Waals surface area contributed by atoms with Crippen LogP contribution in [-0.2, 0) is 18.0 Å². The number of amides is 1. The van der Waals surface area contributed by atoms with Crippen LogP contribution in [-0.4, -0.2) is 11.0 Å². The molecule has 0 saturated heterocycles. The first-order chi connectivity index (χ1) is 9.65. The third-order valence-corrected chi connectivity index (χ3v) is 3.54. The van der Waals surface area contributed by atoms with Crippen LogP contribution >= 0.6 is 0 Å². The average molecular weight is 269 g/mol. The summed E-state index contributed by atoms with van der Waals surface area (Å²) in [7, 11) is 0. The van der Waals surface area contributed by atoms with Crippen LogP contribution in [0.1, 0.15) is 27.0 Å². The summed E-state index contributed by atoms with van der Waals surface area (Å²) in [5.41, 5.74) is 4.06. The van der Waals surface area contributed by atoms with Crippen molar-refractivity contribution in [1.29, 1.82) is 0 Å². The summed E-state index contributed by atoms with van der Waals surface area (Å²) in [6.07, 6.45) is 0. The summed E-state index contributed by atoms with van der Waals surface area (Å²) in [6, 6.07) is 10.6. The Bertz CT molecular complexity index is 679. The summed E-state index contributed by atoms with van der Waals surface area (Å²) in [4.78, 5) is 12.2. The van der Waals surface area contributed by atoms with Gasteiger partial charge in [0.25, 0.3) is 5.91 Å². The molecule has 1 aliphatic heterocycles. The zero-order valence-electron chi connectivity index (χ0n) is 11.1. The lowest BCUT2D eigenvalue weighted by Gasteiger charge is -2.10. The van der Waals surface area contributed by atoms with Crippen molar-refractivity contribution in [2.24, 2.45) is 0 Å². The number of phenolic OH excluding ortho intramolecular Hbond substituents is 1. The van der Waals surface area contributed by atoms with Crippen LogP contribution in [0.15, 0.2) is 36.4 Å². The summed E-state index contributed by atoms with van der Waals surface area (Å²) in [5, 5.41) is 12.5. The van der Waals surface area contributed by atoms with Gasteiger partial charge in [0.1, 0.15) is 5.75 Å². The molecule has 0 aliphatic carbocycles. The first-order valence-corrected chi connectivity index (χ1v) is 6.44. The van der Waals surface area contributed by atoms with Gasteiger partial charge >= 0.3 is 0 Å². The Hall–Kier alpha value is -2.33. The fraction of sp³-hybridized carbons (Fsp3) is 0.188. The molecule has 0 aromatic heterocycles. The minimum Gasteiger partial charge on any atom is -0.508 e. The van der Waals surface area contributed by atoms with Crippen molar-refractivity contribution in [3.05, 3.63) is 58.7 Å². The number of hydrogen-bond donors (Lipinski definition) is 2. The lowest BCUT2D eigenvalue weighted by Crippen LogP contribution is -2.13. The Morgan fingerprint density at radius 2 is 2.00 bits per heavy atom. The van der Waals surface area contributed by atoms with Gasteiger partial charge < -0.3 is 15.2 Å². The maximum absolute atomic E-state index is 12.2. The van der Waals surface area contributed by atoms with Crippen molar-refractivity contribution in [3.63, 3.8) is 0 Å². The van der Waals surface area contributed by atoms with E-state index in [1.807, 2.05) is 12.1 Å². The van der Waals surface area contributed by atoms with Crippen LogP contribution < -0.4 is 5.32 Å². The molecule has 0 unspecified atom stereocenters. The predicted molar refractivity (Wildman–Crippen MR) is 75.7 cm³/mol. The van der Waals surface area contributed by atoms with Crippen LogP contribution in [0.2, 0.25) is 0 Å². The van der Waals surface area contributed by atoms with Crippen molar-refractivity contribution in [2.45, 2.75) is 20.1 Å². The summed E-state index contributed by atoms with van der Waals surface area (Å²) in [6.45, 7) is 2.94. The largest absolute Gasteiger partial charge is 0.508 e. The quantitative estimate of drug-likeness (QED) is 0.881. The number of rotatable bonds is 2. The molecular weight excluding hydrogens is 254 g/mol. The predicted octanol–water partition coefficient (Wildman–Crippen LogP) is 2.98. The van der Waals surface area contributed by atoms with Gasteiger partial charge in [-0.05, 0) is 42.3 Å². The van der Waals surface area contributed by atoms with E-state index in [4.69, 9.17) is 4.74 Å². The Balaban J connectivity index is 1.84. The van der Waals surface area contributed by atoms with Crippen LogP contribution in [0.25, 0.3) is 0 Å². The summed E-state index contributed by atoms with van der Waals surface area (Å²) < 4.78 is 5.34. The highest BCUT2D eigenvalue weighted by molar-refractivity contribution is 6.05. The number of ether oxygens (including phenoxy) is 1. The molecule has 102 valence electrons. The Morgan fingerprint density at radius 3 is 2.85 bits per heavy atom. The van der Waals surface area contributed by atoms with Gasteiger partial charge in [0.2, 0.25) is 0 Å². The van der Waals surface area contributed by atoms with E-state index >= 15 is 0 Å². The molecule has 4 heteroatoms. The molecule has 2 N–H and O–H groups in total. The number of phenols is 1. The summed E-state index contributed by atoms with van der Waals surface area (Å²) >= 11 is 0. The Kier molecular flexibility index (Phi) is 3.16. The highest BCUT2D eigenvalue weighted by atomic mass is 16.5. The first kappa shape index (κ1) is 12.7. The van der Waals surface area contributed by atoms with Gasteiger partial charge in [-0.15, -0.1) is 0 Å². The molecule has 3 rings (SSSR count). The minimum absolute atomic E-state index is 0.171. The molecule has 2 aromatic rings. The van der Waals surface area contributed by atoms with Crippen LogP contribution in [0.3, 0.4) is 0 Å².